The van der Waals surface area contributed by atoms with Gasteiger partial charge in [0.2, 0.25) is 5.91 Å². The molecule has 0 radical (unpaired) electrons. The molecule has 178 valence electrons. The molecule has 0 unspecified atom stereocenters. The highest BCUT2D eigenvalue weighted by molar-refractivity contribution is 6.30. The first-order valence-corrected chi connectivity index (χ1v) is 11.5. The van der Waals surface area contributed by atoms with E-state index in [2.05, 4.69) is 5.32 Å². The normalized spacial score (nSPS) is 11.4. The van der Waals surface area contributed by atoms with E-state index in [1.807, 2.05) is 61.5 Å². The molecule has 0 saturated carbocycles. The molecule has 6 nitrogen and oxygen atoms in total. The number of amides is 2. The van der Waals surface area contributed by atoms with Crippen molar-refractivity contribution in [1.29, 1.82) is 0 Å². The highest BCUT2D eigenvalue weighted by atomic mass is 35.5. The summed E-state index contributed by atoms with van der Waals surface area (Å²) in [5.41, 5.74) is 1.81. The molecule has 7 heteroatoms. The van der Waals surface area contributed by atoms with Crippen molar-refractivity contribution in [3.8, 4) is 11.5 Å². The van der Waals surface area contributed by atoms with Crippen LogP contribution in [0.3, 0.4) is 0 Å². The molecular weight excluding hydrogens is 452 g/mol. The summed E-state index contributed by atoms with van der Waals surface area (Å²) in [5.74, 6) is 0.690. The molecule has 34 heavy (non-hydrogen) atoms. The third-order valence-corrected chi connectivity index (χ3v) is 5.54. The molecular formula is C27H29ClN2O4. The Labute approximate surface area is 205 Å². The zero-order valence-electron chi connectivity index (χ0n) is 19.4. The van der Waals surface area contributed by atoms with Crippen molar-refractivity contribution in [2.75, 3.05) is 20.3 Å². The van der Waals surface area contributed by atoms with E-state index >= 15 is 0 Å². The van der Waals surface area contributed by atoms with Crippen molar-refractivity contribution >= 4 is 23.4 Å². The fourth-order valence-corrected chi connectivity index (χ4v) is 3.70. The van der Waals surface area contributed by atoms with E-state index in [1.54, 1.807) is 36.3 Å². The van der Waals surface area contributed by atoms with Gasteiger partial charge in [-0.3, -0.25) is 9.59 Å². The minimum atomic E-state index is -0.713. The predicted molar refractivity (Wildman–Crippen MR) is 133 cm³/mol. The van der Waals surface area contributed by atoms with Crippen LogP contribution in [-0.2, 0) is 22.6 Å². The Hall–Kier alpha value is -3.51. The second kappa shape index (κ2) is 12.7. The molecule has 0 aliphatic rings. The van der Waals surface area contributed by atoms with Crippen LogP contribution in [0.5, 0.6) is 11.5 Å². The Morgan fingerprint density at radius 3 is 2.32 bits per heavy atom. The molecule has 0 heterocycles. The van der Waals surface area contributed by atoms with Crippen LogP contribution in [0, 0.1) is 0 Å². The summed E-state index contributed by atoms with van der Waals surface area (Å²) < 4.78 is 11.1. The maximum absolute atomic E-state index is 13.4. The maximum atomic E-state index is 13.4. The molecule has 3 aromatic rings. The van der Waals surface area contributed by atoms with Gasteiger partial charge < -0.3 is 19.7 Å². The van der Waals surface area contributed by atoms with Gasteiger partial charge in [-0.2, -0.15) is 0 Å². The van der Waals surface area contributed by atoms with Gasteiger partial charge in [-0.15, -0.1) is 0 Å². The number of carbonyl (C=O) groups excluding carboxylic acids is 2. The zero-order chi connectivity index (χ0) is 24.3. The van der Waals surface area contributed by atoms with Crippen molar-refractivity contribution < 1.29 is 19.1 Å². The van der Waals surface area contributed by atoms with Gasteiger partial charge in [0, 0.05) is 24.5 Å². The standard InChI is InChI=1S/C27H29ClN2O4/c1-3-29-27(32)25(17-20-8-5-4-6-9-20)30(18-21-10-7-11-24(16-21)33-2)26(31)19-34-23-14-12-22(28)13-15-23/h4-16,25H,3,17-19H2,1-2H3,(H,29,32)/t25-/m0/s1. The van der Waals surface area contributed by atoms with Crippen LogP contribution in [0.15, 0.2) is 78.9 Å². The number of ether oxygens (including phenoxy) is 2. The third kappa shape index (κ3) is 7.25. The average Bonchev–Trinajstić information content (AvgIpc) is 2.86. The molecule has 3 aromatic carbocycles. The van der Waals surface area contributed by atoms with Crippen LogP contribution in [-0.4, -0.2) is 43.0 Å². The number of likely N-dealkylation sites (N-methyl/N-ethyl adjacent to an activating group) is 1. The fraction of sp³-hybridized carbons (Fsp3) is 0.259. The van der Waals surface area contributed by atoms with Gasteiger partial charge in [-0.05, 0) is 54.4 Å². The van der Waals surface area contributed by atoms with Crippen LogP contribution in [0.25, 0.3) is 0 Å². The minimum Gasteiger partial charge on any atom is -0.497 e. The number of nitrogens with zero attached hydrogens (tertiary/aromatic N) is 1. The van der Waals surface area contributed by atoms with E-state index in [-0.39, 0.29) is 25.0 Å². The van der Waals surface area contributed by atoms with Crippen molar-refractivity contribution in [3.63, 3.8) is 0 Å². The fourth-order valence-electron chi connectivity index (χ4n) is 3.57. The molecule has 2 amide bonds. The summed E-state index contributed by atoms with van der Waals surface area (Å²) in [6.45, 7) is 2.34. The Morgan fingerprint density at radius 1 is 0.941 bits per heavy atom. The summed E-state index contributed by atoms with van der Waals surface area (Å²) in [5, 5.41) is 3.46. The number of halogens is 1. The number of carbonyl (C=O) groups is 2. The largest absolute Gasteiger partial charge is 0.497 e. The lowest BCUT2D eigenvalue weighted by atomic mass is 10.0. The first-order chi connectivity index (χ1) is 16.5. The number of hydrogen-bond donors (Lipinski definition) is 1. The Morgan fingerprint density at radius 2 is 1.65 bits per heavy atom. The number of rotatable bonds is 11. The predicted octanol–water partition coefficient (Wildman–Crippen LogP) is 4.50. The van der Waals surface area contributed by atoms with Gasteiger partial charge in [0.1, 0.15) is 17.5 Å². The Balaban J connectivity index is 1.89. The summed E-state index contributed by atoms with van der Waals surface area (Å²) in [7, 11) is 1.59. The van der Waals surface area contributed by atoms with Gasteiger partial charge >= 0.3 is 0 Å². The molecule has 1 N–H and O–H groups in total. The smallest absolute Gasteiger partial charge is 0.261 e. The highest BCUT2D eigenvalue weighted by Crippen LogP contribution is 2.20. The minimum absolute atomic E-state index is 0.212. The molecule has 3 rings (SSSR count). The molecule has 1 atom stereocenters. The molecule has 0 saturated heterocycles. The van der Waals surface area contributed by atoms with E-state index in [0.29, 0.717) is 29.5 Å². The summed E-state index contributed by atoms with van der Waals surface area (Å²) >= 11 is 5.94. The summed E-state index contributed by atoms with van der Waals surface area (Å²) in [6.07, 6.45) is 0.378. The van der Waals surface area contributed by atoms with Gasteiger partial charge in [0.05, 0.1) is 7.11 Å². The molecule has 0 aliphatic carbocycles. The molecule has 0 bridgehead atoms. The first-order valence-electron chi connectivity index (χ1n) is 11.1. The van der Waals surface area contributed by atoms with Crippen molar-refractivity contribution in [2.24, 2.45) is 0 Å². The van der Waals surface area contributed by atoms with E-state index in [0.717, 1.165) is 11.1 Å². The molecule has 0 aliphatic heterocycles. The van der Waals surface area contributed by atoms with Crippen LogP contribution in [0.2, 0.25) is 5.02 Å². The number of nitrogens with one attached hydrogen (secondary N) is 1. The average molecular weight is 481 g/mol. The summed E-state index contributed by atoms with van der Waals surface area (Å²) in [6, 6.07) is 23.2. The molecule has 0 spiro atoms. The SMILES string of the molecule is CCNC(=O)[C@H](Cc1ccccc1)N(Cc1cccc(OC)c1)C(=O)COc1ccc(Cl)cc1. The lowest BCUT2D eigenvalue weighted by Gasteiger charge is -2.31. The second-order valence-corrected chi connectivity index (χ2v) is 8.15. The van der Waals surface area contributed by atoms with Crippen LogP contribution in [0.4, 0.5) is 0 Å². The van der Waals surface area contributed by atoms with Gasteiger partial charge in [-0.25, -0.2) is 0 Å². The Kier molecular flexibility index (Phi) is 9.35. The topological polar surface area (TPSA) is 67.9 Å². The lowest BCUT2D eigenvalue weighted by molar-refractivity contribution is -0.142. The van der Waals surface area contributed by atoms with E-state index in [1.165, 1.54) is 0 Å². The summed E-state index contributed by atoms with van der Waals surface area (Å²) in [4.78, 5) is 28.2. The highest BCUT2D eigenvalue weighted by Gasteiger charge is 2.30. The molecule has 0 aromatic heterocycles. The zero-order valence-corrected chi connectivity index (χ0v) is 20.1. The van der Waals surface area contributed by atoms with E-state index in [4.69, 9.17) is 21.1 Å². The van der Waals surface area contributed by atoms with Gasteiger partial charge in [0.25, 0.3) is 5.91 Å². The molecule has 0 fully saturated rings. The van der Waals surface area contributed by atoms with Crippen LogP contribution >= 0.6 is 11.6 Å². The second-order valence-electron chi connectivity index (χ2n) is 7.72. The maximum Gasteiger partial charge on any atom is 0.261 e. The third-order valence-electron chi connectivity index (χ3n) is 5.29. The van der Waals surface area contributed by atoms with Crippen molar-refractivity contribution in [1.82, 2.24) is 10.2 Å². The van der Waals surface area contributed by atoms with E-state index < -0.39 is 6.04 Å². The lowest BCUT2D eigenvalue weighted by Crippen LogP contribution is -2.51. The van der Waals surface area contributed by atoms with Gasteiger partial charge in [-0.1, -0.05) is 54.1 Å². The van der Waals surface area contributed by atoms with Crippen molar-refractivity contribution in [2.45, 2.75) is 25.9 Å². The number of methoxy groups -OCH3 is 1. The van der Waals surface area contributed by atoms with Gasteiger partial charge in [0.15, 0.2) is 6.61 Å². The number of benzene rings is 3. The van der Waals surface area contributed by atoms with Crippen molar-refractivity contribution in [3.05, 3.63) is 95.0 Å². The Bertz CT molecular complexity index is 1070. The van der Waals surface area contributed by atoms with E-state index in [9.17, 15) is 9.59 Å². The van der Waals surface area contributed by atoms with Crippen LogP contribution < -0.4 is 14.8 Å². The number of hydrogen-bond acceptors (Lipinski definition) is 4. The van der Waals surface area contributed by atoms with Crippen LogP contribution in [0.1, 0.15) is 18.1 Å². The quantitative estimate of drug-likeness (QED) is 0.438. The first kappa shape index (κ1) is 25.1. The monoisotopic (exact) mass is 480 g/mol.